The molecule has 4 heteroatoms. The van der Waals surface area contributed by atoms with E-state index in [1.807, 2.05) is 30.3 Å². The highest BCUT2D eigenvalue weighted by Gasteiger charge is 2.07. The van der Waals surface area contributed by atoms with E-state index in [1.54, 1.807) is 13.0 Å². The molecule has 0 amide bonds. The van der Waals surface area contributed by atoms with Gasteiger partial charge in [0.1, 0.15) is 5.75 Å². The van der Waals surface area contributed by atoms with Crippen LogP contribution in [0.15, 0.2) is 36.4 Å². The van der Waals surface area contributed by atoms with Crippen LogP contribution in [-0.2, 0) is 9.53 Å². The molecule has 0 radical (unpaired) electrons. The molecule has 0 unspecified atom stereocenters. The van der Waals surface area contributed by atoms with E-state index in [4.69, 9.17) is 15.2 Å². The number of rotatable bonds is 4. The van der Waals surface area contributed by atoms with Crippen molar-refractivity contribution in [3.8, 4) is 5.75 Å². The topological polar surface area (TPSA) is 61.5 Å². The van der Waals surface area contributed by atoms with Gasteiger partial charge in [-0.15, -0.1) is 0 Å². The van der Waals surface area contributed by atoms with Crippen molar-refractivity contribution < 1.29 is 14.3 Å². The predicted molar refractivity (Wildman–Crippen MR) is 70.5 cm³/mol. The van der Waals surface area contributed by atoms with Gasteiger partial charge in [0.15, 0.2) is 6.61 Å². The Bertz CT molecular complexity index is 566. The van der Waals surface area contributed by atoms with Crippen molar-refractivity contribution in [2.75, 3.05) is 18.9 Å². The summed E-state index contributed by atoms with van der Waals surface area (Å²) in [5, 5.41) is 1.81. The lowest BCUT2D eigenvalue weighted by Crippen LogP contribution is -2.14. The third-order valence-corrected chi connectivity index (χ3v) is 2.57. The second-order valence-corrected chi connectivity index (χ2v) is 3.79. The standard InChI is InChI=1S/C14H15NO3/c1-2-17-14(16)9-18-13-8-4-5-10-11(13)6-3-7-12(10)15/h3-8H,2,9,15H2,1H3. The molecule has 4 nitrogen and oxygen atoms in total. The lowest BCUT2D eigenvalue weighted by Gasteiger charge is -2.09. The molecule has 94 valence electrons. The van der Waals surface area contributed by atoms with Gasteiger partial charge in [0.25, 0.3) is 0 Å². The molecule has 0 fully saturated rings. The van der Waals surface area contributed by atoms with Crippen LogP contribution in [0.5, 0.6) is 5.75 Å². The molecule has 2 aromatic rings. The van der Waals surface area contributed by atoms with E-state index in [9.17, 15) is 4.79 Å². The van der Waals surface area contributed by atoms with Crippen molar-refractivity contribution in [2.24, 2.45) is 0 Å². The van der Waals surface area contributed by atoms with Crippen molar-refractivity contribution in [1.29, 1.82) is 0 Å². The maximum absolute atomic E-state index is 11.2. The molecule has 0 aromatic heterocycles. The Hall–Kier alpha value is -2.23. The quantitative estimate of drug-likeness (QED) is 0.663. The summed E-state index contributed by atoms with van der Waals surface area (Å²) in [5.41, 5.74) is 6.57. The molecular formula is C14H15NO3. The largest absolute Gasteiger partial charge is 0.481 e. The molecule has 0 spiro atoms. The lowest BCUT2D eigenvalue weighted by atomic mass is 10.1. The number of anilines is 1. The van der Waals surface area contributed by atoms with Crippen LogP contribution in [0.1, 0.15) is 6.92 Å². The van der Waals surface area contributed by atoms with E-state index in [-0.39, 0.29) is 12.6 Å². The lowest BCUT2D eigenvalue weighted by molar-refractivity contribution is -0.145. The van der Waals surface area contributed by atoms with Gasteiger partial charge in [0.05, 0.1) is 6.61 Å². The number of nitrogen functional groups attached to an aromatic ring is 1. The number of hydrogen-bond donors (Lipinski definition) is 1. The summed E-state index contributed by atoms with van der Waals surface area (Å²) >= 11 is 0. The van der Waals surface area contributed by atoms with E-state index in [1.165, 1.54) is 0 Å². The number of esters is 1. The Morgan fingerprint density at radius 2 is 1.89 bits per heavy atom. The van der Waals surface area contributed by atoms with Crippen LogP contribution < -0.4 is 10.5 Å². The van der Waals surface area contributed by atoms with E-state index in [0.717, 1.165) is 10.8 Å². The number of benzene rings is 2. The Morgan fingerprint density at radius 1 is 1.17 bits per heavy atom. The van der Waals surface area contributed by atoms with Gasteiger partial charge in [-0.3, -0.25) is 0 Å². The molecule has 0 aliphatic rings. The molecule has 2 aromatic carbocycles. The number of hydrogen-bond acceptors (Lipinski definition) is 4. The average molecular weight is 245 g/mol. The van der Waals surface area contributed by atoms with Crippen molar-refractivity contribution >= 4 is 22.4 Å². The van der Waals surface area contributed by atoms with Crippen LogP contribution in [0.2, 0.25) is 0 Å². The van der Waals surface area contributed by atoms with Gasteiger partial charge < -0.3 is 15.2 Å². The normalized spacial score (nSPS) is 10.3. The molecule has 0 heterocycles. The van der Waals surface area contributed by atoms with Gasteiger partial charge in [-0.05, 0) is 19.1 Å². The molecule has 0 aliphatic carbocycles. The fourth-order valence-electron chi connectivity index (χ4n) is 1.77. The first-order chi connectivity index (χ1) is 8.72. The zero-order valence-corrected chi connectivity index (χ0v) is 10.2. The van der Waals surface area contributed by atoms with Gasteiger partial charge in [-0.1, -0.05) is 24.3 Å². The fourth-order valence-corrected chi connectivity index (χ4v) is 1.77. The first-order valence-corrected chi connectivity index (χ1v) is 5.78. The summed E-state index contributed by atoms with van der Waals surface area (Å²) in [6.07, 6.45) is 0. The molecule has 2 N–H and O–H groups in total. The van der Waals surface area contributed by atoms with Gasteiger partial charge in [-0.25, -0.2) is 4.79 Å². The SMILES string of the molecule is CCOC(=O)COc1cccc2c(N)cccc12. The van der Waals surface area contributed by atoms with Crippen LogP contribution in [0.4, 0.5) is 5.69 Å². The summed E-state index contributed by atoms with van der Waals surface area (Å²) in [4.78, 5) is 11.2. The number of fused-ring (bicyclic) bond motifs is 1. The van der Waals surface area contributed by atoms with Gasteiger partial charge in [0, 0.05) is 16.5 Å². The monoisotopic (exact) mass is 245 g/mol. The molecule has 2 rings (SSSR count). The van der Waals surface area contributed by atoms with Crippen LogP contribution >= 0.6 is 0 Å². The van der Waals surface area contributed by atoms with Gasteiger partial charge in [-0.2, -0.15) is 0 Å². The fraction of sp³-hybridized carbons (Fsp3) is 0.214. The maximum Gasteiger partial charge on any atom is 0.344 e. The maximum atomic E-state index is 11.2. The highest BCUT2D eigenvalue weighted by atomic mass is 16.6. The summed E-state index contributed by atoms with van der Waals surface area (Å²) < 4.78 is 10.3. The minimum atomic E-state index is -0.376. The van der Waals surface area contributed by atoms with E-state index < -0.39 is 0 Å². The van der Waals surface area contributed by atoms with E-state index in [2.05, 4.69) is 0 Å². The second-order valence-electron chi connectivity index (χ2n) is 3.79. The van der Waals surface area contributed by atoms with Crippen molar-refractivity contribution in [1.82, 2.24) is 0 Å². The number of ether oxygens (including phenoxy) is 2. The molecule has 0 aliphatic heterocycles. The summed E-state index contributed by atoms with van der Waals surface area (Å²) in [6, 6.07) is 11.2. The number of carbonyl (C=O) groups is 1. The highest BCUT2D eigenvalue weighted by molar-refractivity contribution is 5.96. The van der Waals surface area contributed by atoms with E-state index in [0.29, 0.717) is 18.0 Å². The van der Waals surface area contributed by atoms with Gasteiger partial charge >= 0.3 is 5.97 Å². The zero-order chi connectivity index (χ0) is 13.0. The summed E-state index contributed by atoms with van der Waals surface area (Å²) in [5.74, 6) is 0.256. The van der Waals surface area contributed by atoms with E-state index >= 15 is 0 Å². The van der Waals surface area contributed by atoms with Gasteiger partial charge in [0.2, 0.25) is 0 Å². The van der Waals surface area contributed by atoms with Crippen molar-refractivity contribution in [2.45, 2.75) is 6.92 Å². The molecule has 0 saturated heterocycles. The smallest absolute Gasteiger partial charge is 0.344 e. The first kappa shape index (κ1) is 12.2. The molecule has 0 atom stereocenters. The predicted octanol–water partition coefficient (Wildman–Crippen LogP) is 2.36. The Kier molecular flexibility index (Phi) is 3.67. The minimum absolute atomic E-state index is 0.0955. The third kappa shape index (κ3) is 2.53. The molecule has 0 saturated carbocycles. The minimum Gasteiger partial charge on any atom is -0.481 e. The molecule has 18 heavy (non-hydrogen) atoms. The van der Waals surface area contributed by atoms with Crippen LogP contribution in [0.25, 0.3) is 10.8 Å². The Balaban J connectivity index is 2.23. The van der Waals surface area contributed by atoms with Crippen LogP contribution in [-0.4, -0.2) is 19.2 Å². The molecule has 0 bridgehead atoms. The number of nitrogens with two attached hydrogens (primary N) is 1. The zero-order valence-electron chi connectivity index (χ0n) is 10.2. The number of carbonyl (C=O) groups excluding carboxylic acids is 1. The molecular weight excluding hydrogens is 230 g/mol. The average Bonchev–Trinajstić information content (AvgIpc) is 2.37. The van der Waals surface area contributed by atoms with Crippen molar-refractivity contribution in [3.63, 3.8) is 0 Å². The van der Waals surface area contributed by atoms with Crippen LogP contribution in [0.3, 0.4) is 0 Å². The Labute approximate surface area is 105 Å². The van der Waals surface area contributed by atoms with Crippen molar-refractivity contribution in [3.05, 3.63) is 36.4 Å². The summed E-state index contributed by atoms with van der Waals surface area (Å²) in [6.45, 7) is 2.02. The highest BCUT2D eigenvalue weighted by Crippen LogP contribution is 2.29. The second kappa shape index (κ2) is 5.40. The van der Waals surface area contributed by atoms with Crippen LogP contribution in [0, 0.1) is 0 Å². The first-order valence-electron chi connectivity index (χ1n) is 5.78. The third-order valence-electron chi connectivity index (χ3n) is 2.57. The summed E-state index contributed by atoms with van der Waals surface area (Å²) in [7, 11) is 0. The Morgan fingerprint density at radius 3 is 2.67 bits per heavy atom.